The van der Waals surface area contributed by atoms with E-state index in [0.717, 1.165) is 16.9 Å². The number of hydrogen-bond acceptors (Lipinski definition) is 4. The SMILES string of the molecule is Cc1cc(C(=O)N2CC[C@]3(C(=O)Nc4ccccc43)[C@@H]2c2nccn2C)nn1C(C)C. The summed E-state index contributed by atoms with van der Waals surface area (Å²) < 4.78 is 3.75. The van der Waals surface area contributed by atoms with Gasteiger partial charge in [0.05, 0.1) is 0 Å². The Labute approximate surface area is 180 Å². The summed E-state index contributed by atoms with van der Waals surface area (Å²) in [5, 5.41) is 7.60. The van der Waals surface area contributed by atoms with Gasteiger partial charge < -0.3 is 14.8 Å². The van der Waals surface area contributed by atoms with E-state index in [2.05, 4.69) is 15.4 Å². The number of hydrogen-bond donors (Lipinski definition) is 1. The molecule has 0 saturated carbocycles. The van der Waals surface area contributed by atoms with E-state index in [1.165, 1.54) is 0 Å². The van der Waals surface area contributed by atoms with Crippen LogP contribution in [0.15, 0.2) is 42.7 Å². The van der Waals surface area contributed by atoms with Crippen LogP contribution >= 0.6 is 0 Å². The topological polar surface area (TPSA) is 85.1 Å². The van der Waals surface area contributed by atoms with Gasteiger partial charge in [-0.3, -0.25) is 14.3 Å². The number of likely N-dealkylation sites (tertiary alicyclic amines) is 1. The lowest BCUT2D eigenvalue weighted by Gasteiger charge is -2.33. The van der Waals surface area contributed by atoms with E-state index in [0.29, 0.717) is 24.5 Å². The van der Waals surface area contributed by atoms with Crippen molar-refractivity contribution in [2.75, 3.05) is 11.9 Å². The molecule has 2 aliphatic rings. The minimum Gasteiger partial charge on any atom is -0.336 e. The Bertz CT molecular complexity index is 1190. The number of nitrogens with zero attached hydrogens (tertiary/aromatic N) is 5. The van der Waals surface area contributed by atoms with Crippen molar-refractivity contribution in [2.45, 2.75) is 44.7 Å². The number of carbonyl (C=O) groups excluding carboxylic acids is 2. The molecule has 0 unspecified atom stereocenters. The Morgan fingerprint density at radius 3 is 2.74 bits per heavy atom. The molecule has 1 saturated heterocycles. The monoisotopic (exact) mass is 418 g/mol. The number of para-hydroxylation sites is 1. The van der Waals surface area contributed by atoms with E-state index < -0.39 is 11.5 Å². The second kappa shape index (κ2) is 6.80. The Morgan fingerprint density at radius 1 is 1.29 bits per heavy atom. The molecule has 1 fully saturated rings. The number of imidazole rings is 1. The van der Waals surface area contributed by atoms with Crippen LogP contribution in [0.25, 0.3) is 0 Å². The number of amides is 2. The molecule has 2 amide bonds. The first-order valence-electron chi connectivity index (χ1n) is 10.6. The zero-order chi connectivity index (χ0) is 21.9. The normalized spacial score (nSPS) is 22.4. The van der Waals surface area contributed by atoms with Crippen molar-refractivity contribution in [1.29, 1.82) is 0 Å². The van der Waals surface area contributed by atoms with Crippen LogP contribution in [0.3, 0.4) is 0 Å². The van der Waals surface area contributed by atoms with Crippen molar-refractivity contribution >= 4 is 17.5 Å². The molecule has 8 nitrogen and oxygen atoms in total. The third kappa shape index (κ3) is 2.67. The molecule has 1 aromatic carbocycles. The van der Waals surface area contributed by atoms with E-state index in [4.69, 9.17) is 0 Å². The van der Waals surface area contributed by atoms with Gasteiger partial charge in [-0.1, -0.05) is 18.2 Å². The Morgan fingerprint density at radius 2 is 2.06 bits per heavy atom. The molecule has 1 N–H and O–H groups in total. The van der Waals surface area contributed by atoms with Crippen molar-refractivity contribution in [3.05, 3.63) is 65.5 Å². The first-order chi connectivity index (χ1) is 14.8. The lowest BCUT2D eigenvalue weighted by atomic mass is 9.74. The molecule has 5 rings (SSSR count). The maximum Gasteiger partial charge on any atom is 0.275 e. The maximum atomic E-state index is 13.7. The lowest BCUT2D eigenvalue weighted by Crippen LogP contribution is -2.43. The van der Waals surface area contributed by atoms with Gasteiger partial charge in [0.2, 0.25) is 5.91 Å². The van der Waals surface area contributed by atoms with Crippen molar-refractivity contribution in [1.82, 2.24) is 24.2 Å². The summed E-state index contributed by atoms with van der Waals surface area (Å²) >= 11 is 0. The predicted molar refractivity (Wildman–Crippen MR) is 116 cm³/mol. The lowest BCUT2D eigenvalue weighted by molar-refractivity contribution is -0.121. The van der Waals surface area contributed by atoms with E-state index >= 15 is 0 Å². The molecule has 160 valence electrons. The number of fused-ring (bicyclic) bond motifs is 2. The highest BCUT2D eigenvalue weighted by molar-refractivity contribution is 6.08. The van der Waals surface area contributed by atoms with Crippen LogP contribution in [0.2, 0.25) is 0 Å². The predicted octanol–water partition coefficient (Wildman–Crippen LogP) is 2.98. The number of rotatable bonds is 3. The largest absolute Gasteiger partial charge is 0.336 e. The second-order valence-electron chi connectivity index (χ2n) is 8.73. The smallest absolute Gasteiger partial charge is 0.275 e. The van der Waals surface area contributed by atoms with Gasteiger partial charge in [-0.15, -0.1) is 0 Å². The average Bonchev–Trinajstić information content (AvgIpc) is 3.48. The van der Waals surface area contributed by atoms with Gasteiger partial charge in [-0.2, -0.15) is 5.10 Å². The fraction of sp³-hybridized carbons (Fsp3) is 0.391. The first-order valence-corrected chi connectivity index (χ1v) is 10.6. The molecule has 0 radical (unpaired) electrons. The van der Waals surface area contributed by atoms with Crippen molar-refractivity contribution in [3.63, 3.8) is 0 Å². The van der Waals surface area contributed by atoms with Crippen LogP contribution < -0.4 is 5.32 Å². The van der Waals surface area contributed by atoms with Crippen molar-refractivity contribution < 1.29 is 9.59 Å². The molecule has 3 aromatic rings. The molecular formula is C23H26N6O2. The summed E-state index contributed by atoms with van der Waals surface area (Å²) in [5.41, 5.74) is 2.19. The molecule has 2 aromatic heterocycles. The number of carbonyl (C=O) groups is 2. The minimum atomic E-state index is -0.874. The standard InChI is InChI=1S/C23H26N6O2/c1-14(2)29-15(3)13-18(26-29)21(30)28-11-9-23(19(28)20-24-10-12-27(20)4)16-7-5-6-8-17(16)25-22(23)31/h5-8,10,12-14,19H,9,11H2,1-4H3,(H,25,31)/t19-,23+/m0/s1. The number of benzene rings is 1. The minimum absolute atomic E-state index is 0.0825. The van der Waals surface area contributed by atoms with Crippen molar-refractivity contribution in [3.8, 4) is 0 Å². The molecule has 31 heavy (non-hydrogen) atoms. The summed E-state index contributed by atoms with van der Waals surface area (Å²) in [6, 6.07) is 9.20. The van der Waals surface area contributed by atoms with Gasteiger partial charge in [0.1, 0.15) is 17.3 Å². The van der Waals surface area contributed by atoms with E-state index in [9.17, 15) is 9.59 Å². The van der Waals surface area contributed by atoms with E-state index in [-0.39, 0.29) is 17.9 Å². The number of aryl methyl sites for hydroxylation is 2. The molecule has 0 aliphatic carbocycles. The molecule has 2 atom stereocenters. The summed E-state index contributed by atoms with van der Waals surface area (Å²) in [6.07, 6.45) is 4.09. The fourth-order valence-corrected chi connectivity index (χ4v) is 5.17. The summed E-state index contributed by atoms with van der Waals surface area (Å²) in [4.78, 5) is 33.4. The van der Waals surface area contributed by atoms with Gasteiger partial charge in [-0.25, -0.2) is 4.98 Å². The second-order valence-corrected chi connectivity index (χ2v) is 8.73. The molecule has 4 heterocycles. The third-order valence-electron chi connectivity index (χ3n) is 6.58. The number of aromatic nitrogens is 4. The van der Waals surface area contributed by atoms with Gasteiger partial charge >= 0.3 is 0 Å². The Hall–Kier alpha value is -3.42. The summed E-state index contributed by atoms with van der Waals surface area (Å²) in [6.45, 7) is 6.48. The van der Waals surface area contributed by atoms with E-state index in [1.54, 1.807) is 11.1 Å². The molecular weight excluding hydrogens is 392 g/mol. The highest BCUT2D eigenvalue weighted by atomic mass is 16.2. The van der Waals surface area contributed by atoms with E-state index in [1.807, 2.05) is 73.6 Å². The maximum absolute atomic E-state index is 13.7. The zero-order valence-electron chi connectivity index (χ0n) is 18.2. The molecule has 8 heteroatoms. The van der Waals surface area contributed by atoms with Crippen LogP contribution in [-0.2, 0) is 17.3 Å². The quantitative estimate of drug-likeness (QED) is 0.709. The third-order valence-corrected chi connectivity index (χ3v) is 6.58. The summed E-state index contributed by atoms with van der Waals surface area (Å²) in [7, 11) is 1.90. The highest BCUT2D eigenvalue weighted by Crippen LogP contribution is 2.54. The van der Waals surface area contributed by atoms with Crippen LogP contribution in [0.5, 0.6) is 0 Å². The first kappa shape index (κ1) is 19.5. The Kier molecular flexibility index (Phi) is 4.28. The highest BCUT2D eigenvalue weighted by Gasteiger charge is 2.60. The van der Waals surface area contributed by atoms with Crippen LogP contribution in [-0.4, -0.2) is 42.6 Å². The number of nitrogens with one attached hydrogen (secondary N) is 1. The van der Waals surface area contributed by atoms with Gasteiger partial charge in [0.25, 0.3) is 5.91 Å². The van der Waals surface area contributed by atoms with Crippen LogP contribution in [0, 0.1) is 6.92 Å². The molecule has 0 bridgehead atoms. The summed E-state index contributed by atoms with van der Waals surface area (Å²) in [5.74, 6) is 0.433. The average molecular weight is 419 g/mol. The van der Waals surface area contributed by atoms with Gasteiger partial charge in [-0.05, 0) is 44.9 Å². The Balaban J connectivity index is 1.64. The fourth-order valence-electron chi connectivity index (χ4n) is 5.17. The zero-order valence-corrected chi connectivity index (χ0v) is 18.2. The molecule has 1 spiro atoms. The van der Waals surface area contributed by atoms with Gasteiger partial charge in [0, 0.05) is 43.4 Å². The van der Waals surface area contributed by atoms with Crippen LogP contribution in [0.1, 0.15) is 59.9 Å². The molecule has 2 aliphatic heterocycles. The van der Waals surface area contributed by atoms with Crippen molar-refractivity contribution in [2.24, 2.45) is 7.05 Å². The van der Waals surface area contributed by atoms with Crippen LogP contribution in [0.4, 0.5) is 5.69 Å². The number of anilines is 1. The van der Waals surface area contributed by atoms with Gasteiger partial charge in [0.15, 0.2) is 5.69 Å².